The smallest absolute Gasteiger partial charge is 0.344 e. The monoisotopic (exact) mass is 468 g/mol. The molecule has 0 bridgehead atoms. The molecule has 0 aromatic heterocycles. The quantitative estimate of drug-likeness (QED) is 0.348. The molecule has 0 radical (unpaired) electrons. The second-order valence-corrected chi connectivity index (χ2v) is 7.60. The van der Waals surface area contributed by atoms with E-state index in [1.165, 1.54) is 24.0 Å². The lowest BCUT2D eigenvalue weighted by Gasteiger charge is -2.29. The summed E-state index contributed by atoms with van der Waals surface area (Å²) in [4.78, 5) is 38.1. The second kappa shape index (κ2) is 10.3. The largest absolute Gasteiger partial charge is 0.490 e. The van der Waals surface area contributed by atoms with Gasteiger partial charge in [-0.15, -0.1) is 0 Å². The van der Waals surface area contributed by atoms with Crippen LogP contribution in [0.5, 0.6) is 11.5 Å². The number of carboxylic acid groups (broad SMARTS) is 1. The Kier molecular flexibility index (Phi) is 7.44. The van der Waals surface area contributed by atoms with E-state index in [2.05, 4.69) is 5.32 Å². The number of aliphatic carboxylic acids is 1. The molecule has 1 aliphatic rings. The maximum absolute atomic E-state index is 13.2. The first kappa shape index (κ1) is 23.9. The van der Waals surface area contributed by atoms with E-state index in [0.29, 0.717) is 23.6 Å². The van der Waals surface area contributed by atoms with Gasteiger partial charge >= 0.3 is 5.97 Å². The van der Waals surface area contributed by atoms with E-state index in [9.17, 15) is 14.4 Å². The minimum Gasteiger partial charge on any atom is -0.490 e. The normalized spacial score (nSPS) is 15.9. The maximum Gasteiger partial charge on any atom is 0.344 e. The Hall–Kier alpha value is -3.72. The SMILES string of the molecule is CCOc1cc(/C=C2\C(=O)NC(=S)N(c3ccc(CC)cc3)C2=O)ccc1O[C@@H](C)C(=O)O. The van der Waals surface area contributed by atoms with Crippen LogP contribution in [0, 0.1) is 0 Å². The van der Waals surface area contributed by atoms with Crippen LogP contribution in [0.3, 0.4) is 0 Å². The van der Waals surface area contributed by atoms with Crippen LogP contribution in [0.15, 0.2) is 48.0 Å². The predicted molar refractivity (Wildman–Crippen MR) is 127 cm³/mol. The molecule has 33 heavy (non-hydrogen) atoms. The van der Waals surface area contributed by atoms with Gasteiger partial charge in [0.05, 0.1) is 12.3 Å². The van der Waals surface area contributed by atoms with E-state index in [0.717, 1.165) is 12.0 Å². The van der Waals surface area contributed by atoms with Gasteiger partial charge in [0.25, 0.3) is 11.8 Å². The van der Waals surface area contributed by atoms with E-state index >= 15 is 0 Å². The van der Waals surface area contributed by atoms with E-state index in [4.69, 9.17) is 26.8 Å². The molecule has 0 unspecified atom stereocenters. The van der Waals surface area contributed by atoms with Crippen LogP contribution in [-0.2, 0) is 20.8 Å². The molecule has 1 saturated heterocycles. The number of thiocarbonyl (C=S) groups is 1. The third-order valence-electron chi connectivity index (χ3n) is 4.93. The van der Waals surface area contributed by atoms with E-state index in [1.54, 1.807) is 31.2 Å². The number of hydrogen-bond acceptors (Lipinski definition) is 6. The summed E-state index contributed by atoms with van der Waals surface area (Å²) < 4.78 is 11.0. The minimum absolute atomic E-state index is 0.00723. The molecule has 0 saturated carbocycles. The average Bonchev–Trinajstić information content (AvgIpc) is 2.78. The fourth-order valence-electron chi connectivity index (χ4n) is 3.16. The van der Waals surface area contributed by atoms with Crippen molar-refractivity contribution >= 4 is 46.9 Å². The number of anilines is 1. The predicted octanol–water partition coefficient (Wildman–Crippen LogP) is 3.33. The second-order valence-electron chi connectivity index (χ2n) is 7.22. The van der Waals surface area contributed by atoms with Crippen molar-refractivity contribution in [3.05, 3.63) is 59.2 Å². The van der Waals surface area contributed by atoms with Gasteiger partial charge in [0.1, 0.15) is 5.57 Å². The first-order chi connectivity index (χ1) is 15.7. The van der Waals surface area contributed by atoms with Gasteiger partial charge in [0.2, 0.25) is 0 Å². The van der Waals surface area contributed by atoms with Crippen molar-refractivity contribution in [2.24, 2.45) is 0 Å². The summed E-state index contributed by atoms with van der Waals surface area (Å²) in [5.41, 5.74) is 2.06. The van der Waals surface area contributed by atoms with Crippen LogP contribution >= 0.6 is 12.2 Å². The lowest BCUT2D eigenvalue weighted by Crippen LogP contribution is -2.54. The molecule has 0 spiro atoms. The van der Waals surface area contributed by atoms with Crippen molar-refractivity contribution in [2.45, 2.75) is 33.3 Å². The third kappa shape index (κ3) is 5.38. The van der Waals surface area contributed by atoms with Crippen LogP contribution in [-0.4, -0.2) is 40.7 Å². The number of rotatable bonds is 8. The number of hydrogen-bond donors (Lipinski definition) is 2. The van der Waals surface area contributed by atoms with Gasteiger partial charge in [0.15, 0.2) is 22.7 Å². The summed E-state index contributed by atoms with van der Waals surface area (Å²) in [6.45, 7) is 5.52. The first-order valence-electron chi connectivity index (χ1n) is 10.4. The molecule has 2 N–H and O–H groups in total. The Bertz CT molecular complexity index is 1130. The van der Waals surface area contributed by atoms with E-state index in [1.807, 2.05) is 19.1 Å². The van der Waals surface area contributed by atoms with Crippen LogP contribution in [0.1, 0.15) is 31.9 Å². The molecule has 1 heterocycles. The van der Waals surface area contributed by atoms with Crippen LogP contribution in [0.25, 0.3) is 6.08 Å². The molecule has 172 valence electrons. The van der Waals surface area contributed by atoms with Crippen molar-refractivity contribution in [1.82, 2.24) is 5.32 Å². The van der Waals surface area contributed by atoms with Gasteiger partial charge in [-0.1, -0.05) is 25.1 Å². The zero-order valence-electron chi connectivity index (χ0n) is 18.5. The molecule has 3 rings (SSSR count). The fraction of sp³-hybridized carbons (Fsp3) is 0.250. The molecular formula is C24H24N2O6S. The van der Waals surface area contributed by atoms with Crippen LogP contribution in [0.2, 0.25) is 0 Å². The van der Waals surface area contributed by atoms with Gasteiger partial charge in [-0.2, -0.15) is 0 Å². The summed E-state index contributed by atoms with van der Waals surface area (Å²) in [5.74, 6) is -1.73. The molecule has 2 aromatic rings. The maximum atomic E-state index is 13.2. The number of carbonyl (C=O) groups is 3. The molecular weight excluding hydrogens is 444 g/mol. The number of amides is 2. The highest BCUT2D eigenvalue weighted by Gasteiger charge is 2.34. The Morgan fingerprint density at radius 3 is 2.45 bits per heavy atom. The fourth-order valence-corrected chi connectivity index (χ4v) is 3.44. The van der Waals surface area contributed by atoms with Crippen LogP contribution < -0.4 is 19.7 Å². The van der Waals surface area contributed by atoms with E-state index in [-0.39, 0.29) is 16.4 Å². The third-order valence-corrected chi connectivity index (χ3v) is 5.22. The number of ether oxygens (including phenoxy) is 2. The van der Waals surface area contributed by atoms with Crippen LogP contribution in [0.4, 0.5) is 5.69 Å². The molecule has 2 aromatic carbocycles. The van der Waals surface area contributed by atoms with Gasteiger partial charge in [0, 0.05) is 0 Å². The van der Waals surface area contributed by atoms with Crippen molar-refractivity contribution in [2.75, 3.05) is 11.5 Å². The van der Waals surface area contributed by atoms with Crippen molar-refractivity contribution in [1.29, 1.82) is 0 Å². The number of nitrogens with one attached hydrogen (secondary N) is 1. The number of carboxylic acids is 1. The lowest BCUT2D eigenvalue weighted by molar-refractivity contribution is -0.144. The Labute approximate surface area is 196 Å². The average molecular weight is 469 g/mol. The minimum atomic E-state index is -1.11. The number of benzene rings is 2. The standard InChI is InChI=1S/C24H24N2O6S/c1-4-15-6-9-17(10-7-15)26-22(28)18(21(27)25-24(26)33)12-16-8-11-19(20(13-16)31-5-2)32-14(3)23(29)30/h6-14H,4-5H2,1-3H3,(H,29,30)(H,25,27,33)/b18-12+/t14-/m0/s1. The number of aryl methyl sites for hydroxylation is 1. The van der Waals surface area contributed by atoms with Gasteiger partial charge in [-0.05, 0) is 74.0 Å². The molecule has 0 aliphatic carbocycles. The summed E-state index contributed by atoms with van der Waals surface area (Å²) >= 11 is 5.24. The van der Waals surface area contributed by atoms with Crippen molar-refractivity contribution in [3.8, 4) is 11.5 Å². The van der Waals surface area contributed by atoms with Crippen molar-refractivity contribution in [3.63, 3.8) is 0 Å². The van der Waals surface area contributed by atoms with Gasteiger partial charge in [-0.25, -0.2) is 4.79 Å². The Balaban J connectivity index is 1.95. The molecule has 1 atom stereocenters. The zero-order chi connectivity index (χ0) is 24.1. The van der Waals surface area contributed by atoms with Crippen molar-refractivity contribution < 1.29 is 29.0 Å². The molecule has 8 nitrogen and oxygen atoms in total. The summed E-state index contributed by atoms with van der Waals surface area (Å²) in [6.07, 6.45) is 1.21. The highest BCUT2D eigenvalue weighted by atomic mass is 32.1. The molecule has 9 heteroatoms. The Morgan fingerprint density at radius 1 is 1.15 bits per heavy atom. The number of carbonyl (C=O) groups excluding carboxylic acids is 2. The summed E-state index contributed by atoms with van der Waals surface area (Å²) in [6, 6.07) is 12.1. The van der Waals surface area contributed by atoms with E-state index < -0.39 is 23.9 Å². The van der Waals surface area contributed by atoms with Gasteiger partial charge < -0.3 is 14.6 Å². The molecule has 1 aliphatic heterocycles. The zero-order valence-corrected chi connectivity index (χ0v) is 19.3. The van der Waals surface area contributed by atoms with Gasteiger partial charge in [-0.3, -0.25) is 19.8 Å². The summed E-state index contributed by atoms with van der Waals surface area (Å²) in [7, 11) is 0. The topological polar surface area (TPSA) is 105 Å². The summed E-state index contributed by atoms with van der Waals surface area (Å²) in [5, 5.41) is 11.7. The molecule has 1 fully saturated rings. The molecule has 2 amide bonds. The lowest BCUT2D eigenvalue weighted by atomic mass is 10.1. The highest BCUT2D eigenvalue weighted by Crippen LogP contribution is 2.31. The Morgan fingerprint density at radius 2 is 1.85 bits per heavy atom. The first-order valence-corrected chi connectivity index (χ1v) is 10.8. The highest BCUT2D eigenvalue weighted by molar-refractivity contribution is 7.80. The number of nitrogens with zero attached hydrogens (tertiary/aromatic N) is 1.